The van der Waals surface area contributed by atoms with Gasteiger partial charge in [-0.25, -0.2) is 4.98 Å². The van der Waals surface area contributed by atoms with Crippen molar-refractivity contribution in [2.45, 2.75) is 4.90 Å². The van der Waals surface area contributed by atoms with Crippen molar-refractivity contribution in [1.29, 1.82) is 0 Å². The molecule has 0 amide bonds. The number of rotatable bonds is 6. The Morgan fingerprint density at radius 2 is 1.73 bits per heavy atom. The number of nitrogens with zero attached hydrogens (tertiary/aromatic N) is 2. The Morgan fingerprint density at radius 1 is 1.00 bits per heavy atom. The quantitative estimate of drug-likeness (QED) is 0.243. The largest absolute Gasteiger partial charge is 0.493 e. The molecule has 4 rings (SSSR count). The SMILES string of the molecule is COc1cc(-c2nc3ccccc3s2)ccc1OS(=O)(=O)c1ccccc1[N+](=O)[O-]. The van der Waals surface area contributed by atoms with Gasteiger partial charge in [-0.3, -0.25) is 10.1 Å². The second kappa shape index (κ2) is 7.73. The smallest absolute Gasteiger partial charge is 0.346 e. The van der Waals surface area contributed by atoms with Crippen molar-refractivity contribution in [2.75, 3.05) is 7.11 Å². The zero-order valence-corrected chi connectivity index (χ0v) is 17.1. The summed E-state index contributed by atoms with van der Waals surface area (Å²) in [5.74, 6) is 0.0782. The number of fused-ring (bicyclic) bond motifs is 1. The summed E-state index contributed by atoms with van der Waals surface area (Å²) < 4.78 is 36.8. The molecule has 0 aliphatic rings. The van der Waals surface area contributed by atoms with Gasteiger partial charge in [-0.15, -0.1) is 11.3 Å². The lowest BCUT2D eigenvalue weighted by atomic mass is 10.2. The zero-order chi connectivity index (χ0) is 21.3. The summed E-state index contributed by atoms with van der Waals surface area (Å²) in [4.78, 5) is 14.4. The third-order valence-corrected chi connectivity index (χ3v) is 6.60. The first-order valence-electron chi connectivity index (χ1n) is 8.61. The minimum Gasteiger partial charge on any atom is -0.493 e. The molecular weight excluding hydrogens is 428 g/mol. The third kappa shape index (κ3) is 3.70. The molecule has 0 aliphatic heterocycles. The molecule has 8 nitrogen and oxygen atoms in total. The van der Waals surface area contributed by atoms with Crippen LogP contribution in [0.1, 0.15) is 0 Å². The first kappa shape index (κ1) is 19.8. The van der Waals surface area contributed by atoms with E-state index >= 15 is 0 Å². The minimum absolute atomic E-state index is 0.0829. The average Bonchev–Trinajstić information content (AvgIpc) is 3.18. The number of methoxy groups -OCH3 is 1. The summed E-state index contributed by atoms with van der Waals surface area (Å²) in [7, 11) is -3.08. The van der Waals surface area contributed by atoms with Crippen molar-refractivity contribution in [2.24, 2.45) is 0 Å². The summed E-state index contributed by atoms with van der Waals surface area (Å²) >= 11 is 1.49. The molecule has 0 unspecified atom stereocenters. The maximum Gasteiger partial charge on any atom is 0.346 e. The summed E-state index contributed by atoms with van der Waals surface area (Å²) in [6.45, 7) is 0. The van der Waals surface area contributed by atoms with E-state index in [1.165, 1.54) is 36.6 Å². The highest BCUT2D eigenvalue weighted by molar-refractivity contribution is 7.87. The predicted molar refractivity (Wildman–Crippen MR) is 113 cm³/mol. The van der Waals surface area contributed by atoms with Crippen LogP contribution in [0.5, 0.6) is 11.5 Å². The minimum atomic E-state index is -4.45. The Balaban J connectivity index is 1.71. The van der Waals surface area contributed by atoms with Crippen LogP contribution in [0.4, 0.5) is 5.69 Å². The van der Waals surface area contributed by atoms with Gasteiger partial charge >= 0.3 is 10.1 Å². The molecule has 0 aliphatic carbocycles. The lowest BCUT2D eigenvalue weighted by molar-refractivity contribution is -0.387. The van der Waals surface area contributed by atoms with Crippen LogP contribution < -0.4 is 8.92 Å². The molecule has 30 heavy (non-hydrogen) atoms. The van der Waals surface area contributed by atoms with E-state index in [4.69, 9.17) is 8.92 Å². The molecular formula is C20H14N2O6S2. The molecule has 1 aromatic heterocycles. The van der Waals surface area contributed by atoms with Crippen LogP contribution in [-0.2, 0) is 10.1 Å². The van der Waals surface area contributed by atoms with Gasteiger partial charge in [-0.2, -0.15) is 8.42 Å². The Bertz CT molecular complexity index is 1330. The Hall–Kier alpha value is -3.50. The van der Waals surface area contributed by atoms with E-state index in [1.54, 1.807) is 12.1 Å². The Morgan fingerprint density at radius 3 is 2.47 bits per heavy atom. The number of ether oxygens (including phenoxy) is 1. The molecule has 0 bridgehead atoms. The fraction of sp³-hybridized carbons (Fsp3) is 0.0500. The molecule has 1 heterocycles. The molecule has 152 valence electrons. The van der Waals surface area contributed by atoms with Gasteiger partial charge in [0.25, 0.3) is 5.69 Å². The first-order valence-corrected chi connectivity index (χ1v) is 10.8. The van der Waals surface area contributed by atoms with Gasteiger partial charge in [0.1, 0.15) is 5.01 Å². The normalized spacial score (nSPS) is 11.4. The highest BCUT2D eigenvalue weighted by Gasteiger charge is 2.28. The second-order valence-corrected chi connectivity index (χ2v) is 8.66. The molecule has 4 aromatic rings. The summed E-state index contributed by atoms with van der Waals surface area (Å²) in [6.07, 6.45) is 0. The van der Waals surface area contributed by atoms with E-state index in [-0.39, 0.29) is 11.5 Å². The van der Waals surface area contributed by atoms with Crippen LogP contribution in [0, 0.1) is 10.1 Å². The topological polar surface area (TPSA) is 109 Å². The number of aromatic nitrogens is 1. The summed E-state index contributed by atoms with van der Waals surface area (Å²) in [5, 5.41) is 11.9. The van der Waals surface area contributed by atoms with E-state index in [0.717, 1.165) is 32.9 Å². The highest BCUT2D eigenvalue weighted by atomic mass is 32.2. The molecule has 3 aromatic carbocycles. The number of thiazole rings is 1. The van der Waals surface area contributed by atoms with Crippen LogP contribution in [0.25, 0.3) is 20.8 Å². The van der Waals surface area contributed by atoms with E-state index in [9.17, 15) is 18.5 Å². The molecule has 0 fully saturated rings. The lowest BCUT2D eigenvalue weighted by Crippen LogP contribution is -2.12. The molecule has 0 N–H and O–H groups in total. The number of para-hydroxylation sites is 2. The fourth-order valence-corrected chi connectivity index (χ4v) is 4.92. The molecule has 0 radical (unpaired) electrons. The highest BCUT2D eigenvalue weighted by Crippen LogP contribution is 2.37. The molecule has 10 heteroatoms. The number of nitro benzene ring substituents is 1. The third-order valence-electron chi connectivity index (χ3n) is 4.24. The summed E-state index contributed by atoms with van der Waals surface area (Å²) in [5.41, 5.74) is 1.02. The van der Waals surface area contributed by atoms with Crippen molar-refractivity contribution in [3.8, 4) is 22.1 Å². The van der Waals surface area contributed by atoms with Gasteiger partial charge in [0.05, 0.1) is 22.2 Å². The van der Waals surface area contributed by atoms with Crippen LogP contribution in [-0.4, -0.2) is 25.4 Å². The Labute approximate surface area is 175 Å². The van der Waals surface area contributed by atoms with Crippen molar-refractivity contribution < 1.29 is 22.3 Å². The van der Waals surface area contributed by atoms with Gasteiger partial charge in [0.15, 0.2) is 16.4 Å². The maximum absolute atomic E-state index is 12.7. The molecule has 0 saturated carbocycles. The van der Waals surface area contributed by atoms with Crippen molar-refractivity contribution in [1.82, 2.24) is 4.98 Å². The molecule has 0 atom stereocenters. The molecule has 0 saturated heterocycles. The van der Waals surface area contributed by atoms with Gasteiger partial charge in [0, 0.05) is 11.6 Å². The fourth-order valence-electron chi connectivity index (χ4n) is 2.85. The van der Waals surface area contributed by atoms with E-state index in [2.05, 4.69) is 4.98 Å². The lowest BCUT2D eigenvalue weighted by Gasteiger charge is -2.11. The number of benzene rings is 3. The van der Waals surface area contributed by atoms with Gasteiger partial charge in [-0.05, 0) is 36.4 Å². The van der Waals surface area contributed by atoms with Crippen LogP contribution in [0.15, 0.2) is 71.6 Å². The standard InChI is InChI=1S/C20H14N2O6S2/c1-27-17-12-13(20-21-14-6-2-4-8-18(14)29-20)10-11-16(17)28-30(25,26)19-9-5-3-7-15(19)22(23)24/h2-12H,1H3. The zero-order valence-electron chi connectivity index (χ0n) is 15.5. The van der Waals surface area contributed by atoms with Crippen molar-refractivity contribution in [3.05, 3.63) is 76.8 Å². The predicted octanol–water partition coefficient (Wildman–Crippen LogP) is 4.65. The first-order chi connectivity index (χ1) is 14.4. The van der Waals surface area contributed by atoms with Gasteiger partial charge in [0.2, 0.25) is 0 Å². The van der Waals surface area contributed by atoms with E-state index in [0.29, 0.717) is 0 Å². The van der Waals surface area contributed by atoms with E-state index in [1.807, 2.05) is 24.3 Å². The van der Waals surface area contributed by atoms with E-state index < -0.39 is 25.6 Å². The Kier molecular flexibility index (Phi) is 5.10. The summed E-state index contributed by atoms with van der Waals surface area (Å²) in [6, 6.07) is 17.4. The number of nitro groups is 1. The van der Waals surface area contributed by atoms with Gasteiger partial charge < -0.3 is 8.92 Å². The number of hydrogen-bond donors (Lipinski definition) is 0. The van der Waals surface area contributed by atoms with Gasteiger partial charge in [-0.1, -0.05) is 24.3 Å². The van der Waals surface area contributed by atoms with Crippen LogP contribution in [0.2, 0.25) is 0 Å². The molecule has 0 spiro atoms. The average molecular weight is 442 g/mol. The number of hydrogen-bond acceptors (Lipinski definition) is 8. The van der Waals surface area contributed by atoms with Crippen molar-refractivity contribution >= 4 is 37.4 Å². The monoisotopic (exact) mass is 442 g/mol. The second-order valence-electron chi connectivity index (χ2n) is 6.11. The van der Waals surface area contributed by atoms with Crippen LogP contribution in [0.3, 0.4) is 0 Å². The van der Waals surface area contributed by atoms with Crippen LogP contribution >= 0.6 is 11.3 Å². The van der Waals surface area contributed by atoms with Crippen molar-refractivity contribution in [3.63, 3.8) is 0 Å². The maximum atomic E-state index is 12.7.